The second-order valence-electron chi connectivity index (χ2n) is 4.26. The topological polar surface area (TPSA) is 81.9 Å². The molecule has 0 fully saturated rings. The average molecular weight is 280 g/mol. The van der Waals surface area contributed by atoms with Crippen molar-refractivity contribution in [3.63, 3.8) is 0 Å². The standard InChI is InChI=1S/C14H20N2O4/c1-11(17)19-9-7-16(8-10-20-12(2)18)14-5-3-13(15)4-6-14/h3-6H,7-10,15H2,1-2H3. The summed E-state index contributed by atoms with van der Waals surface area (Å²) >= 11 is 0. The van der Waals surface area contributed by atoms with Gasteiger partial charge in [0.2, 0.25) is 0 Å². The molecule has 6 heteroatoms. The van der Waals surface area contributed by atoms with Crippen LogP contribution in [0.25, 0.3) is 0 Å². The maximum absolute atomic E-state index is 10.8. The maximum atomic E-state index is 10.8. The molecule has 1 rings (SSSR count). The fourth-order valence-corrected chi connectivity index (χ4v) is 1.65. The van der Waals surface area contributed by atoms with Gasteiger partial charge in [-0.15, -0.1) is 0 Å². The number of anilines is 2. The molecule has 110 valence electrons. The minimum Gasteiger partial charge on any atom is -0.464 e. The van der Waals surface area contributed by atoms with Crippen molar-refractivity contribution < 1.29 is 19.1 Å². The molecule has 0 aliphatic heterocycles. The summed E-state index contributed by atoms with van der Waals surface area (Å²) in [4.78, 5) is 23.5. The van der Waals surface area contributed by atoms with E-state index >= 15 is 0 Å². The molecule has 2 N–H and O–H groups in total. The van der Waals surface area contributed by atoms with E-state index < -0.39 is 0 Å². The van der Waals surface area contributed by atoms with E-state index in [1.807, 2.05) is 17.0 Å². The summed E-state index contributed by atoms with van der Waals surface area (Å²) in [6.07, 6.45) is 0. The van der Waals surface area contributed by atoms with Crippen molar-refractivity contribution in [1.82, 2.24) is 0 Å². The van der Waals surface area contributed by atoms with Crippen LogP contribution in [0.4, 0.5) is 11.4 Å². The Morgan fingerprint density at radius 1 is 1.00 bits per heavy atom. The number of nitrogens with two attached hydrogens (primary N) is 1. The molecule has 0 radical (unpaired) electrons. The SMILES string of the molecule is CC(=O)OCCN(CCOC(C)=O)c1ccc(N)cc1. The summed E-state index contributed by atoms with van der Waals surface area (Å²) in [5.74, 6) is -0.635. The molecular weight excluding hydrogens is 260 g/mol. The Balaban J connectivity index is 2.60. The van der Waals surface area contributed by atoms with Gasteiger partial charge in [0, 0.05) is 25.2 Å². The second kappa shape index (κ2) is 8.04. The first kappa shape index (κ1) is 15.8. The zero-order chi connectivity index (χ0) is 15.0. The van der Waals surface area contributed by atoms with Crippen LogP contribution < -0.4 is 10.6 Å². The number of nitrogens with zero attached hydrogens (tertiary/aromatic N) is 1. The Bertz CT molecular complexity index is 425. The van der Waals surface area contributed by atoms with Gasteiger partial charge in [0.25, 0.3) is 0 Å². The molecule has 6 nitrogen and oxygen atoms in total. The van der Waals surface area contributed by atoms with Crippen LogP contribution >= 0.6 is 0 Å². The first-order chi connectivity index (χ1) is 9.49. The predicted molar refractivity (Wildman–Crippen MR) is 76.3 cm³/mol. The van der Waals surface area contributed by atoms with E-state index in [2.05, 4.69) is 0 Å². The van der Waals surface area contributed by atoms with Crippen molar-refractivity contribution in [2.45, 2.75) is 13.8 Å². The van der Waals surface area contributed by atoms with Gasteiger partial charge in [-0.05, 0) is 24.3 Å². The first-order valence-electron chi connectivity index (χ1n) is 6.36. The van der Waals surface area contributed by atoms with Crippen LogP contribution in [0.1, 0.15) is 13.8 Å². The van der Waals surface area contributed by atoms with E-state index in [4.69, 9.17) is 15.2 Å². The summed E-state index contributed by atoms with van der Waals surface area (Å²) in [5, 5.41) is 0. The minimum atomic E-state index is -0.317. The van der Waals surface area contributed by atoms with E-state index in [0.717, 1.165) is 5.69 Å². The Labute approximate surface area is 118 Å². The zero-order valence-electron chi connectivity index (χ0n) is 11.8. The van der Waals surface area contributed by atoms with Crippen LogP contribution in [0.3, 0.4) is 0 Å². The lowest BCUT2D eigenvalue weighted by atomic mass is 10.2. The highest BCUT2D eigenvalue weighted by Crippen LogP contribution is 2.15. The molecule has 0 aliphatic rings. The zero-order valence-corrected chi connectivity index (χ0v) is 11.8. The summed E-state index contributed by atoms with van der Waals surface area (Å²) in [6.45, 7) is 4.33. The summed E-state index contributed by atoms with van der Waals surface area (Å²) in [6, 6.07) is 7.33. The van der Waals surface area contributed by atoms with Crippen LogP contribution in [0.2, 0.25) is 0 Å². The molecule has 0 atom stereocenters. The second-order valence-corrected chi connectivity index (χ2v) is 4.26. The van der Waals surface area contributed by atoms with Gasteiger partial charge in [0.1, 0.15) is 13.2 Å². The fraction of sp³-hybridized carbons (Fsp3) is 0.429. The lowest BCUT2D eigenvalue weighted by Crippen LogP contribution is -2.31. The Morgan fingerprint density at radius 3 is 1.85 bits per heavy atom. The van der Waals surface area contributed by atoms with Gasteiger partial charge in [-0.3, -0.25) is 9.59 Å². The van der Waals surface area contributed by atoms with Gasteiger partial charge in [-0.1, -0.05) is 0 Å². The fourth-order valence-electron chi connectivity index (χ4n) is 1.65. The Kier molecular flexibility index (Phi) is 6.36. The lowest BCUT2D eigenvalue weighted by molar-refractivity contribution is -0.141. The van der Waals surface area contributed by atoms with Crippen LogP contribution in [0.5, 0.6) is 0 Å². The number of rotatable bonds is 7. The Hall–Kier alpha value is -2.24. The van der Waals surface area contributed by atoms with Crippen LogP contribution in [0, 0.1) is 0 Å². The van der Waals surface area contributed by atoms with E-state index in [1.165, 1.54) is 13.8 Å². The van der Waals surface area contributed by atoms with Gasteiger partial charge in [-0.2, -0.15) is 0 Å². The van der Waals surface area contributed by atoms with Gasteiger partial charge in [0.05, 0.1) is 13.1 Å². The van der Waals surface area contributed by atoms with Gasteiger partial charge in [0.15, 0.2) is 0 Å². The van der Waals surface area contributed by atoms with Crippen molar-refractivity contribution in [3.8, 4) is 0 Å². The summed E-state index contributed by atoms with van der Waals surface area (Å²) < 4.78 is 9.86. The van der Waals surface area contributed by atoms with E-state index in [9.17, 15) is 9.59 Å². The molecule has 0 aromatic heterocycles. The van der Waals surface area contributed by atoms with Gasteiger partial charge in [-0.25, -0.2) is 0 Å². The third-order valence-corrected chi connectivity index (χ3v) is 2.59. The van der Waals surface area contributed by atoms with Crippen molar-refractivity contribution in [2.75, 3.05) is 36.9 Å². The van der Waals surface area contributed by atoms with Gasteiger partial charge < -0.3 is 20.1 Å². The molecule has 0 heterocycles. The molecule has 1 aromatic rings. The molecule has 0 saturated heterocycles. The van der Waals surface area contributed by atoms with Crippen molar-refractivity contribution in [3.05, 3.63) is 24.3 Å². The predicted octanol–water partition coefficient (Wildman–Crippen LogP) is 1.20. The number of esters is 2. The molecule has 0 spiro atoms. The average Bonchev–Trinajstić information content (AvgIpc) is 2.37. The lowest BCUT2D eigenvalue weighted by Gasteiger charge is -2.24. The summed E-state index contributed by atoms with van der Waals surface area (Å²) in [5.41, 5.74) is 7.25. The van der Waals surface area contributed by atoms with E-state index in [1.54, 1.807) is 12.1 Å². The smallest absolute Gasteiger partial charge is 0.302 e. The van der Waals surface area contributed by atoms with Gasteiger partial charge >= 0.3 is 11.9 Å². The Morgan fingerprint density at radius 2 is 1.45 bits per heavy atom. The van der Waals surface area contributed by atoms with E-state index in [-0.39, 0.29) is 25.2 Å². The maximum Gasteiger partial charge on any atom is 0.302 e. The molecule has 20 heavy (non-hydrogen) atoms. The quantitative estimate of drug-likeness (QED) is 0.597. The first-order valence-corrected chi connectivity index (χ1v) is 6.36. The number of hydrogen-bond donors (Lipinski definition) is 1. The van der Waals surface area contributed by atoms with E-state index in [0.29, 0.717) is 18.8 Å². The third-order valence-electron chi connectivity index (χ3n) is 2.59. The number of benzene rings is 1. The van der Waals surface area contributed by atoms with Crippen molar-refractivity contribution in [2.24, 2.45) is 0 Å². The van der Waals surface area contributed by atoms with Crippen LogP contribution in [-0.4, -0.2) is 38.2 Å². The highest BCUT2D eigenvalue weighted by atomic mass is 16.5. The molecule has 0 saturated carbocycles. The van der Waals surface area contributed by atoms with Crippen LogP contribution in [0.15, 0.2) is 24.3 Å². The number of nitrogen functional groups attached to an aromatic ring is 1. The largest absolute Gasteiger partial charge is 0.464 e. The number of carbonyl (C=O) groups is 2. The normalized spacial score (nSPS) is 9.90. The third kappa shape index (κ3) is 6.08. The monoisotopic (exact) mass is 280 g/mol. The molecular formula is C14H20N2O4. The highest BCUT2D eigenvalue weighted by molar-refractivity contribution is 5.66. The molecule has 1 aromatic carbocycles. The minimum absolute atomic E-state index is 0.278. The van der Waals surface area contributed by atoms with Crippen molar-refractivity contribution in [1.29, 1.82) is 0 Å². The van der Waals surface area contributed by atoms with Crippen LogP contribution in [-0.2, 0) is 19.1 Å². The molecule has 0 aliphatic carbocycles. The summed E-state index contributed by atoms with van der Waals surface area (Å²) in [7, 11) is 0. The van der Waals surface area contributed by atoms with Crippen molar-refractivity contribution >= 4 is 23.3 Å². The number of carbonyl (C=O) groups excluding carboxylic acids is 2. The molecule has 0 bridgehead atoms. The number of ether oxygens (including phenoxy) is 2. The molecule has 0 amide bonds. The number of hydrogen-bond acceptors (Lipinski definition) is 6. The highest BCUT2D eigenvalue weighted by Gasteiger charge is 2.08. The molecule has 0 unspecified atom stereocenters.